The Morgan fingerprint density at radius 2 is 2.10 bits per heavy atom. The smallest absolute Gasteiger partial charge is 0.210 e. The second-order valence-electron chi connectivity index (χ2n) is 7.65. The number of benzene rings is 2. The number of aryl methyl sites for hydroxylation is 2. The van der Waals surface area contributed by atoms with Crippen LogP contribution in [-0.2, 0) is 17.6 Å². The number of carbonyl (C=O) groups is 1. The summed E-state index contributed by atoms with van der Waals surface area (Å²) >= 11 is 0. The summed E-state index contributed by atoms with van der Waals surface area (Å²) < 4.78 is 11.3. The zero-order valence-corrected chi connectivity index (χ0v) is 17.3. The van der Waals surface area contributed by atoms with Gasteiger partial charge < -0.3 is 19.4 Å². The van der Waals surface area contributed by atoms with E-state index in [4.69, 9.17) is 9.47 Å². The highest BCUT2D eigenvalue weighted by molar-refractivity contribution is 5.83. The van der Waals surface area contributed by atoms with Gasteiger partial charge in [0.2, 0.25) is 6.41 Å². The molecule has 1 amide bonds. The van der Waals surface area contributed by atoms with Gasteiger partial charge in [0.05, 0.1) is 19.8 Å². The van der Waals surface area contributed by atoms with Crippen LogP contribution in [0.2, 0.25) is 0 Å². The molecule has 0 saturated carbocycles. The zero-order valence-electron chi connectivity index (χ0n) is 17.3. The Morgan fingerprint density at radius 3 is 2.86 bits per heavy atom. The van der Waals surface area contributed by atoms with Crippen molar-refractivity contribution in [2.75, 3.05) is 20.3 Å². The predicted molar refractivity (Wildman–Crippen MR) is 115 cm³/mol. The van der Waals surface area contributed by atoms with E-state index >= 15 is 0 Å². The van der Waals surface area contributed by atoms with Crippen LogP contribution in [0.4, 0.5) is 0 Å². The Hall–Kier alpha value is -2.95. The Labute approximate surface area is 171 Å². The average Bonchev–Trinajstić information content (AvgIpc) is 3.13. The molecule has 1 aromatic heterocycles. The lowest BCUT2D eigenvalue weighted by Gasteiger charge is -2.35. The third-order valence-corrected chi connectivity index (χ3v) is 5.87. The minimum absolute atomic E-state index is 0.0387. The number of aromatic amines is 1. The van der Waals surface area contributed by atoms with Gasteiger partial charge in [0, 0.05) is 23.6 Å². The van der Waals surface area contributed by atoms with Crippen LogP contribution in [0.5, 0.6) is 11.5 Å². The number of ether oxygens (including phenoxy) is 2. The fourth-order valence-electron chi connectivity index (χ4n) is 4.40. The van der Waals surface area contributed by atoms with E-state index in [0.717, 1.165) is 43.7 Å². The molecule has 29 heavy (non-hydrogen) atoms. The molecule has 5 heteroatoms. The van der Waals surface area contributed by atoms with Crippen LogP contribution in [-0.4, -0.2) is 36.6 Å². The molecule has 4 rings (SSSR count). The van der Waals surface area contributed by atoms with Crippen LogP contribution in [0, 0.1) is 6.92 Å². The number of carbonyl (C=O) groups excluding carboxylic acids is 1. The first kappa shape index (κ1) is 19.4. The molecule has 0 spiro atoms. The Kier molecular flexibility index (Phi) is 5.47. The standard InChI is InChI=1S/C24H28N2O3/c1-4-29-24-13-20-17(12-23(24)28-3)9-10-26(15-27)22(20)8-6-18-14-25-21-11-16(2)5-7-19(18)21/h5,7,11-15,22,25H,4,6,8-10H2,1-3H3/t22-/m1/s1. The fourth-order valence-corrected chi connectivity index (χ4v) is 4.40. The Morgan fingerprint density at radius 1 is 1.24 bits per heavy atom. The number of nitrogens with zero attached hydrogens (tertiary/aromatic N) is 1. The van der Waals surface area contributed by atoms with Gasteiger partial charge in [-0.05, 0) is 73.6 Å². The predicted octanol–water partition coefficient (Wildman–Crippen LogP) is 4.57. The molecule has 5 nitrogen and oxygen atoms in total. The quantitative estimate of drug-likeness (QED) is 0.599. The molecule has 1 atom stereocenters. The summed E-state index contributed by atoms with van der Waals surface area (Å²) in [7, 11) is 1.67. The van der Waals surface area contributed by atoms with Crippen molar-refractivity contribution in [3.05, 3.63) is 58.8 Å². The Bertz CT molecular complexity index is 1020. The van der Waals surface area contributed by atoms with Crippen LogP contribution in [0.25, 0.3) is 10.9 Å². The summed E-state index contributed by atoms with van der Waals surface area (Å²) in [6, 6.07) is 10.7. The van der Waals surface area contributed by atoms with Gasteiger partial charge in [-0.2, -0.15) is 0 Å². The fraction of sp³-hybridized carbons (Fsp3) is 0.375. The first-order valence-electron chi connectivity index (χ1n) is 10.3. The largest absolute Gasteiger partial charge is 0.493 e. The number of hydrogen-bond acceptors (Lipinski definition) is 3. The maximum Gasteiger partial charge on any atom is 0.210 e. The van der Waals surface area contributed by atoms with Crippen LogP contribution in [0.15, 0.2) is 36.5 Å². The van der Waals surface area contributed by atoms with E-state index < -0.39 is 0 Å². The van der Waals surface area contributed by atoms with Gasteiger partial charge in [-0.25, -0.2) is 0 Å². The maximum atomic E-state index is 11.8. The van der Waals surface area contributed by atoms with Gasteiger partial charge in [0.25, 0.3) is 0 Å². The van der Waals surface area contributed by atoms with E-state index in [-0.39, 0.29) is 6.04 Å². The molecule has 1 N–H and O–H groups in total. The van der Waals surface area contributed by atoms with Crippen molar-refractivity contribution in [1.82, 2.24) is 9.88 Å². The van der Waals surface area contributed by atoms with E-state index in [9.17, 15) is 4.79 Å². The molecule has 2 aromatic carbocycles. The number of hydrogen-bond donors (Lipinski definition) is 1. The van der Waals surface area contributed by atoms with Crippen LogP contribution < -0.4 is 9.47 Å². The molecule has 1 aliphatic heterocycles. The van der Waals surface area contributed by atoms with Crippen molar-refractivity contribution in [2.45, 2.75) is 39.2 Å². The molecule has 0 aliphatic carbocycles. The molecule has 1 aliphatic rings. The topological polar surface area (TPSA) is 54.6 Å². The van der Waals surface area contributed by atoms with Crippen LogP contribution >= 0.6 is 0 Å². The van der Waals surface area contributed by atoms with Gasteiger partial charge in [-0.3, -0.25) is 4.79 Å². The second kappa shape index (κ2) is 8.19. The first-order chi connectivity index (χ1) is 14.1. The van der Waals surface area contributed by atoms with Crippen LogP contribution in [0.3, 0.4) is 0 Å². The summed E-state index contributed by atoms with van der Waals surface area (Å²) in [5, 5.41) is 1.26. The highest BCUT2D eigenvalue weighted by Gasteiger charge is 2.28. The monoisotopic (exact) mass is 392 g/mol. The highest BCUT2D eigenvalue weighted by atomic mass is 16.5. The number of amides is 1. The molecule has 2 heterocycles. The summed E-state index contributed by atoms with van der Waals surface area (Å²) in [6.45, 7) is 5.37. The van der Waals surface area contributed by atoms with E-state index in [1.165, 1.54) is 33.2 Å². The third kappa shape index (κ3) is 3.69. The molecule has 0 saturated heterocycles. The van der Waals surface area contributed by atoms with Gasteiger partial charge in [0.15, 0.2) is 11.5 Å². The minimum Gasteiger partial charge on any atom is -0.493 e. The van der Waals surface area contributed by atoms with Crippen molar-refractivity contribution in [3.63, 3.8) is 0 Å². The minimum atomic E-state index is 0.0387. The van der Waals surface area contributed by atoms with Crippen molar-refractivity contribution >= 4 is 17.3 Å². The molecule has 0 unspecified atom stereocenters. The number of H-pyrrole nitrogens is 1. The summed E-state index contributed by atoms with van der Waals surface area (Å²) in [5.74, 6) is 1.50. The van der Waals surface area contributed by atoms with Crippen molar-refractivity contribution in [2.24, 2.45) is 0 Å². The van der Waals surface area contributed by atoms with Gasteiger partial charge >= 0.3 is 0 Å². The molecular formula is C24H28N2O3. The molecule has 0 bridgehead atoms. The molecule has 0 fully saturated rings. The molecule has 3 aromatic rings. The van der Waals surface area contributed by atoms with Crippen molar-refractivity contribution in [1.29, 1.82) is 0 Å². The SMILES string of the molecule is CCOc1cc2c(cc1OC)CCN(C=O)[C@@H]2CCc1c[nH]c2cc(C)ccc12. The lowest BCUT2D eigenvalue weighted by atomic mass is 9.88. The number of aromatic nitrogens is 1. The summed E-state index contributed by atoms with van der Waals surface area (Å²) in [5.41, 5.74) is 6.11. The lowest BCUT2D eigenvalue weighted by Crippen LogP contribution is -2.34. The normalized spacial score (nSPS) is 16.0. The maximum absolute atomic E-state index is 11.8. The number of fused-ring (bicyclic) bond motifs is 2. The van der Waals surface area contributed by atoms with Crippen molar-refractivity contribution in [3.8, 4) is 11.5 Å². The average molecular weight is 392 g/mol. The third-order valence-electron chi connectivity index (χ3n) is 5.87. The highest BCUT2D eigenvalue weighted by Crippen LogP contribution is 2.39. The van der Waals surface area contributed by atoms with Crippen molar-refractivity contribution < 1.29 is 14.3 Å². The summed E-state index contributed by atoms with van der Waals surface area (Å²) in [6.07, 6.45) is 5.67. The Balaban J connectivity index is 1.65. The van der Waals surface area contributed by atoms with Gasteiger partial charge in [-0.1, -0.05) is 12.1 Å². The zero-order chi connectivity index (χ0) is 20.4. The number of nitrogens with one attached hydrogen (secondary N) is 1. The lowest BCUT2D eigenvalue weighted by molar-refractivity contribution is -0.120. The van der Waals surface area contributed by atoms with Crippen LogP contribution in [0.1, 0.15) is 41.6 Å². The van der Waals surface area contributed by atoms with E-state index in [0.29, 0.717) is 6.61 Å². The van der Waals surface area contributed by atoms with E-state index in [1.807, 2.05) is 11.8 Å². The van der Waals surface area contributed by atoms with E-state index in [2.05, 4.69) is 48.4 Å². The number of methoxy groups -OCH3 is 1. The molecular weight excluding hydrogens is 364 g/mol. The van der Waals surface area contributed by atoms with Gasteiger partial charge in [-0.15, -0.1) is 0 Å². The van der Waals surface area contributed by atoms with Gasteiger partial charge in [0.1, 0.15) is 0 Å². The first-order valence-corrected chi connectivity index (χ1v) is 10.3. The summed E-state index contributed by atoms with van der Waals surface area (Å²) in [4.78, 5) is 17.1. The second-order valence-corrected chi connectivity index (χ2v) is 7.65. The molecule has 152 valence electrons. The molecule has 0 radical (unpaired) electrons. The van der Waals surface area contributed by atoms with E-state index in [1.54, 1.807) is 7.11 Å². The number of rotatable bonds is 7.